The Bertz CT molecular complexity index is 730. The number of carbonyl (C=O) groups is 1. The average molecular weight is 499 g/mol. The second-order valence-corrected chi connectivity index (χ2v) is 5.97. The Morgan fingerprint density at radius 3 is 2.64 bits per heavy atom. The number of benzene rings is 1. The highest BCUT2D eigenvalue weighted by Crippen LogP contribution is 2.15. The molecule has 1 aromatic heterocycles. The second kappa shape index (κ2) is 13.1. The molecule has 0 aliphatic rings. The lowest BCUT2D eigenvalue weighted by molar-refractivity contribution is -0.130. The third-order valence-corrected chi connectivity index (χ3v) is 4.13. The summed E-state index contributed by atoms with van der Waals surface area (Å²) in [6.45, 7) is 9.33. The number of halogens is 1. The molecule has 0 bridgehead atoms. The number of H-pyrrole nitrogens is 1. The summed E-state index contributed by atoms with van der Waals surface area (Å²) in [6.07, 6.45) is 1.94. The SMILES string of the molecule is CCNC(=NCc1cccc(-c2ncn[nH]2)c1)NCCC(=O)N(CC)CC.I. The van der Waals surface area contributed by atoms with Gasteiger partial charge in [-0.15, -0.1) is 24.0 Å². The third-order valence-electron chi connectivity index (χ3n) is 4.13. The normalized spacial score (nSPS) is 10.9. The Labute approximate surface area is 183 Å². The van der Waals surface area contributed by atoms with Crippen LogP contribution in [0.3, 0.4) is 0 Å². The standard InChI is InChI=1S/C19H29N7O.HI/c1-4-20-19(21-11-10-17(27)26(5-2)6-3)22-13-15-8-7-9-16(12-15)18-23-14-24-25-18;/h7-9,12,14H,4-6,10-11,13H2,1-3H3,(H2,20,21,22)(H,23,24,25);1H. The van der Waals surface area contributed by atoms with Gasteiger partial charge in [-0.3, -0.25) is 9.89 Å². The van der Waals surface area contributed by atoms with Gasteiger partial charge in [0.2, 0.25) is 5.91 Å². The number of aliphatic imine (C=N–C) groups is 1. The highest BCUT2D eigenvalue weighted by Gasteiger charge is 2.09. The zero-order valence-electron chi connectivity index (χ0n) is 16.7. The number of hydrogen-bond donors (Lipinski definition) is 3. The average Bonchev–Trinajstić information content (AvgIpc) is 3.22. The van der Waals surface area contributed by atoms with Crippen LogP contribution in [-0.4, -0.2) is 58.1 Å². The van der Waals surface area contributed by atoms with E-state index in [4.69, 9.17) is 0 Å². The highest BCUT2D eigenvalue weighted by atomic mass is 127. The lowest BCUT2D eigenvalue weighted by atomic mass is 10.1. The van der Waals surface area contributed by atoms with Crippen molar-refractivity contribution < 1.29 is 4.79 Å². The number of aromatic nitrogens is 3. The molecule has 0 saturated heterocycles. The van der Waals surface area contributed by atoms with Gasteiger partial charge in [0, 0.05) is 38.2 Å². The van der Waals surface area contributed by atoms with Crippen LogP contribution in [0.4, 0.5) is 0 Å². The van der Waals surface area contributed by atoms with E-state index < -0.39 is 0 Å². The van der Waals surface area contributed by atoms with Crippen molar-refractivity contribution in [3.8, 4) is 11.4 Å². The van der Waals surface area contributed by atoms with E-state index in [1.807, 2.05) is 49.9 Å². The Hall–Kier alpha value is -2.17. The number of nitrogens with one attached hydrogen (secondary N) is 3. The Morgan fingerprint density at radius 1 is 1.21 bits per heavy atom. The first-order valence-electron chi connectivity index (χ1n) is 9.42. The molecule has 0 fully saturated rings. The van der Waals surface area contributed by atoms with Crippen molar-refractivity contribution in [3.63, 3.8) is 0 Å². The van der Waals surface area contributed by atoms with E-state index in [2.05, 4.69) is 30.8 Å². The van der Waals surface area contributed by atoms with Gasteiger partial charge in [-0.05, 0) is 32.4 Å². The molecule has 0 atom stereocenters. The first kappa shape index (κ1) is 23.9. The minimum Gasteiger partial charge on any atom is -0.357 e. The molecule has 2 rings (SSSR count). The Morgan fingerprint density at radius 2 is 2.00 bits per heavy atom. The summed E-state index contributed by atoms with van der Waals surface area (Å²) in [4.78, 5) is 22.7. The van der Waals surface area contributed by atoms with E-state index in [1.165, 1.54) is 6.33 Å². The summed E-state index contributed by atoms with van der Waals surface area (Å²) in [5, 5.41) is 13.2. The largest absolute Gasteiger partial charge is 0.357 e. The number of amides is 1. The smallest absolute Gasteiger partial charge is 0.224 e. The number of aromatic amines is 1. The molecule has 1 aromatic carbocycles. The zero-order chi connectivity index (χ0) is 19.5. The maximum atomic E-state index is 12.1. The fourth-order valence-corrected chi connectivity index (χ4v) is 2.70. The van der Waals surface area contributed by atoms with Gasteiger partial charge in [-0.2, -0.15) is 5.10 Å². The lowest BCUT2D eigenvalue weighted by Crippen LogP contribution is -2.40. The number of guanidine groups is 1. The summed E-state index contributed by atoms with van der Waals surface area (Å²) < 4.78 is 0. The van der Waals surface area contributed by atoms with Gasteiger partial charge in [-0.25, -0.2) is 9.98 Å². The van der Waals surface area contributed by atoms with Crippen molar-refractivity contribution in [1.82, 2.24) is 30.7 Å². The number of rotatable bonds is 9. The first-order valence-corrected chi connectivity index (χ1v) is 9.42. The van der Waals surface area contributed by atoms with Crippen LogP contribution in [0.15, 0.2) is 35.6 Å². The molecule has 1 amide bonds. The van der Waals surface area contributed by atoms with Gasteiger partial charge < -0.3 is 15.5 Å². The molecule has 0 aliphatic heterocycles. The van der Waals surface area contributed by atoms with Crippen LogP contribution in [-0.2, 0) is 11.3 Å². The van der Waals surface area contributed by atoms with Crippen molar-refractivity contribution in [1.29, 1.82) is 0 Å². The molecule has 0 radical (unpaired) electrons. The van der Waals surface area contributed by atoms with Gasteiger partial charge in [0.05, 0.1) is 6.54 Å². The summed E-state index contributed by atoms with van der Waals surface area (Å²) in [6, 6.07) is 8.02. The minimum atomic E-state index is 0. The van der Waals surface area contributed by atoms with Gasteiger partial charge in [0.25, 0.3) is 0 Å². The molecule has 8 nitrogen and oxygen atoms in total. The Kier molecular flexibility index (Phi) is 11.2. The molecule has 0 saturated carbocycles. The lowest BCUT2D eigenvalue weighted by Gasteiger charge is -2.19. The van der Waals surface area contributed by atoms with E-state index in [-0.39, 0.29) is 29.9 Å². The molecular weight excluding hydrogens is 469 g/mol. The van der Waals surface area contributed by atoms with Crippen molar-refractivity contribution in [2.45, 2.75) is 33.7 Å². The van der Waals surface area contributed by atoms with Gasteiger partial charge >= 0.3 is 0 Å². The van der Waals surface area contributed by atoms with Gasteiger partial charge in [-0.1, -0.05) is 18.2 Å². The van der Waals surface area contributed by atoms with Crippen LogP contribution in [0.5, 0.6) is 0 Å². The molecule has 154 valence electrons. The highest BCUT2D eigenvalue weighted by molar-refractivity contribution is 14.0. The minimum absolute atomic E-state index is 0. The van der Waals surface area contributed by atoms with Crippen molar-refractivity contribution in [2.24, 2.45) is 4.99 Å². The molecule has 3 N–H and O–H groups in total. The van der Waals surface area contributed by atoms with Gasteiger partial charge in [0.15, 0.2) is 11.8 Å². The third kappa shape index (κ3) is 7.45. The zero-order valence-corrected chi connectivity index (χ0v) is 19.1. The van der Waals surface area contributed by atoms with Crippen molar-refractivity contribution in [3.05, 3.63) is 36.2 Å². The second-order valence-electron chi connectivity index (χ2n) is 5.97. The van der Waals surface area contributed by atoms with Crippen LogP contribution in [0.1, 0.15) is 32.8 Å². The summed E-state index contributed by atoms with van der Waals surface area (Å²) in [5.74, 6) is 1.60. The fourth-order valence-electron chi connectivity index (χ4n) is 2.70. The Balaban J connectivity index is 0.00000392. The van der Waals surface area contributed by atoms with Crippen LogP contribution < -0.4 is 10.6 Å². The molecule has 9 heteroatoms. The molecule has 0 unspecified atom stereocenters. The van der Waals surface area contributed by atoms with E-state index in [9.17, 15) is 4.79 Å². The van der Waals surface area contributed by atoms with E-state index in [0.717, 1.165) is 36.6 Å². The molecule has 0 spiro atoms. The first-order chi connectivity index (χ1) is 13.2. The quantitative estimate of drug-likeness (QED) is 0.280. The predicted octanol–water partition coefficient (Wildman–Crippen LogP) is 2.40. The van der Waals surface area contributed by atoms with Crippen molar-refractivity contribution in [2.75, 3.05) is 26.2 Å². The number of nitrogens with zero attached hydrogens (tertiary/aromatic N) is 4. The fraction of sp³-hybridized carbons (Fsp3) is 0.474. The maximum absolute atomic E-state index is 12.1. The summed E-state index contributed by atoms with van der Waals surface area (Å²) in [5.41, 5.74) is 2.04. The van der Waals surface area contributed by atoms with Crippen LogP contribution in [0, 0.1) is 0 Å². The van der Waals surface area contributed by atoms with Gasteiger partial charge in [0.1, 0.15) is 6.33 Å². The molecule has 28 heavy (non-hydrogen) atoms. The number of hydrogen-bond acceptors (Lipinski definition) is 4. The monoisotopic (exact) mass is 499 g/mol. The maximum Gasteiger partial charge on any atom is 0.224 e. The van der Waals surface area contributed by atoms with Crippen molar-refractivity contribution >= 4 is 35.8 Å². The topological polar surface area (TPSA) is 98.3 Å². The molecular formula is C19H30IN7O. The van der Waals surface area contributed by atoms with E-state index in [1.54, 1.807) is 0 Å². The molecule has 0 aliphatic carbocycles. The summed E-state index contributed by atoms with van der Waals surface area (Å²) >= 11 is 0. The van der Waals surface area contributed by atoms with Crippen LogP contribution in [0.2, 0.25) is 0 Å². The molecule has 2 aromatic rings. The molecule has 1 heterocycles. The van der Waals surface area contributed by atoms with Crippen LogP contribution >= 0.6 is 24.0 Å². The van der Waals surface area contributed by atoms with E-state index >= 15 is 0 Å². The van der Waals surface area contributed by atoms with E-state index in [0.29, 0.717) is 25.5 Å². The summed E-state index contributed by atoms with van der Waals surface area (Å²) in [7, 11) is 0. The predicted molar refractivity (Wildman–Crippen MR) is 123 cm³/mol. The van der Waals surface area contributed by atoms with Crippen LogP contribution in [0.25, 0.3) is 11.4 Å². The number of carbonyl (C=O) groups excluding carboxylic acids is 1.